The number of phenols is 1. The molecule has 1 aromatic heterocycles. The van der Waals surface area contributed by atoms with E-state index >= 15 is 0 Å². The second kappa shape index (κ2) is 11.9. The van der Waals surface area contributed by atoms with Gasteiger partial charge in [0, 0.05) is 37.0 Å². The van der Waals surface area contributed by atoms with Crippen molar-refractivity contribution in [1.29, 1.82) is 0 Å². The van der Waals surface area contributed by atoms with Gasteiger partial charge in [-0.2, -0.15) is 0 Å². The average molecular weight is 523 g/mol. The van der Waals surface area contributed by atoms with Gasteiger partial charge < -0.3 is 19.3 Å². The Morgan fingerprint density at radius 1 is 1.24 bits per heavy atom. The molecule has 0 spiro atoms. The van der Waals surface area contributed by atoms with Gasteiger partial charge in [-0.1, -0.05) is 23.7 Å². The summed E-state index contributed by atoms with van der Waals surface area (Å²) in [5.74, 6) is -1.03. The molecule has 1 aliphatic rings. The molecule has 10 heteroatoms. The molecule has 34 heavy (non-hydrogen) atoms. The van der Waals surface area contributed by atoms with Gasteiger partial charge in [-0.05, 0) is 54.3 Å². The maximum absolute atomic E-state index is 13.5. The number of nitrogens with zero attached hydrogens (tertiary/aromatic N) is 1. The van der Waals surface area contributed by atoms with Crippen LogP contribution in [0.3, 0.4) is 0 Å². The second-order valence-corrected chi connectivity index (χ2v) is 10.4. The number of thiophene rings is 1. The van der Waals surface area contributed by atoms with Crippen molar-refractivity contribution < 1.29 is 23.8 Å². The number of nitrogens with one attached hydrogen (secondary N) is 1. The van der Waals surface area contributed by atoms with Crippen LogP contribution in [0.15, 0.2) is 52.7 Å². The molecule has 6 nitrogen and oxygen atoms in total. The third-order valence-corrected chi connectivity index (χ3v) is 7.55. The van der Waals surface area contributed by atoms with Crippen LogP contribution in [0.25, 0.3) is 11.1 Å². The lowest BCUT2D eigenvalue weighted by Crippen LogP contribution is -2.37. The van der Waals surface area contributed by atoms with Crippen molar-refractivity contribution in [2.75, 3.05) is 44.2 Å². The number of aromatic hydroxyl groups is 1. The van der Waals surface area contributed by atoms with Gasteiger partial charge in [0.2, 0.25) is 0 Å². The third-order valence-electron chi connectivity index (χ3n) is 5.24. The third kappa shape index (κ3) is 6.64. The van der Waals surface area contributed by atoms with E-state index in [-0.39, 0.29) is 23.7 Å². The zero-order chi connectivity index (χ0) is 23.9. The van der Waals surface area contributed by atoms with Crippen molar-refractivity contribution in [3.8, 4) is 16.9 Å². The summed E-state index contributed by atoms with van der Waals surface area (Å²) in [6.07, 6.45) is 0.726. The molecule has 0 unspecified atom stereocenters. The number of carbonyl (C=O) groups is 1. The number of halogens is 2. The Morgan fingerprint density at radius 3 is 2.82 bits per heavy atom. The topological polar surface area (TPSA) is 71.0 Å². The number of carbonyl (C=O) groups excluding carboxylic acids is 1. The van der Waals surface area contributed by atoms with Gasteiger partial charge in [-0.15, -0.1) is 11.3 Å². The minimum Gasteiger partial charge on any atom is -0.507 e. The molecule has 2 N–H and O–H groups in total. The Morgan fingerprint density at radius 2 is 2.06 bits per heavy atom. The van der Waals surface area contributed by atoms with Crippen molar-refractivity contribution in [2.24, 2.45) is 0 Å². The highest BCUT2D eigenvalue weighted by Gasteiger charge is 2.15. The summed E-state index contributed by atoms with van der Waals surface area (Å²) in [6.45, 7) is 4.39. The van der Waals surface area contributed by atoms with E-state index < -0.39 is 5.97 Å². The van der Waals surface area contributed by atoms with E-state index in [4.69, 9.17) is 21.1 Å². The Labute approximate surface area is 210 Å². The van der Waals surface area contributed by atoms with Gasteiger partial charge in [-0.25, -0.2) is 9.18 Å². The number of benzene rings is 2. The Bertz CT molecular complexity index is 1140. The number of hydrogen-bond donors (Lipinski definition) is 2. The van der Waals surface area contributed by atoms with Crippen LogP contribution in [0.1, 0.15) is 16.8 Å². The summed E-state index contributed by atoms with van der Waals surface area (Å²) >= 11 is 9.02. The van der Waals surface area contributed by atoms with E-state index in [1.165, 1.54) is 47.6 Å². The second-order valence-electron chi connectivity index (χ2n) is 7.64. The summed E-state index contributed by atoms with van der Waals surface area (Å²) < 4.78 is 28.7. The number of hydrogen-bond acceptors (Lipinski definition) is 8. The number of esters is 1. The predicted molar refractivity (Wildman–Crippen MR) is 134 cm³/mol. The van der Waals surface area contributed by atoms with E-state index in [1.54, 1.807) is 18.2 Å². The molecule has 0 amide bonds. The van der Waals surface area contributed by atoms with Crippen molar-refractivity contribution in [3.05, 3.63) is 64.2 Å². The zero-order valence-corrected chi connectivity index (χ0v) is 20.6. The number of anilines is 1. The van der Waals surface area contributed by atoms with Crippen LogP contribution < -0.4 is 4.72 Å². The molecule has 1 saturated heterocycles. The number of morpholine rings is 1. The van der Waals surface area contributed by atoms with Crippen LogP contribution in [-0.4, -0.2) is 55.4 Å². The van der Waals surface area contributed by atoms with E-state index in [1.807, 2.05) is 6.07 Å². The van der Waals surface area contributed by atoms with E-state index in [9.17, 15) is 14.3 Å². The molecule has 2 aromatic carbocycles. The first-order valence-corrected chi connectivity index (χ1v) is 12.8. The van der Waals surface area contributed by atoms with Crippen molar-refractivity contribution >= 4 is 46.5 Å². The molecule has 180 valence electrons. The average Bonchev–Trinajstić information content (AvgIpc) is 3.21. The molecule has 4 rings (SSSR count). The first-order chi connectivity index (χ1) is 16.5. The highest BCUT2D eigenvalue weighted by atomic mass is 35.5. The van der Waals surface area contributed by atoms with Gasteiger partial charge in [0.05, 0.1) is 24.0 Å². The minimum atomic E-state index is -0.552. The van der Waals surface area contributed by atoms with Crippen molar-refractivity contribution in [3.63, 3.8) is 0 Å². The fraction of sp³-hybridized carbons (Fsp3) is 0.292. The largest absolute Gasteiger partial charge is 0.507 e. The zero-order valence-electron chi connectivity index (χ0n) is 18.3. The number of ether oxygens (including phenoxy) is 2. The molecule has 0 saturated carbocycles. The number of phenolic OH excluding ortho intramolecular Hbond substituents is 1. The molecule has 1 fully saturated rings. The summed E-state index contributed by atoms with van der Waals surface area (Å²) in [7, 11) is 0. The van der Waals surface area contributed by atoms with Gasteiger partial charge in [-0.3, -0.25) is 4.90 Å². The molecular weight excluding hydrogens is 499 g/mol. The first-order valence-electron chi connectivity index (χ1n) is 10.8. The molecule has 3 aromatic rings. The summed E-state index contributed by atoms with van der Waals surface area (Å²) in [4.78, 5) is 14.6. The van der Waals surface area contributed by atoms with Crippen LogP contribution in [0.5, 0.6) is 5.75 Å². The molecule has 1 aliphatic heterocycles. The van der Waals surface area contributed by atoms with Crippen molar-refractivity contribution in [2.45, 2.75) is 10.6 Å². The van der Waals surface area contributed by atoms with Crippen LogP contribution >= 0.6 is 34.9 Å². The summed E-state index contributed by atoms with van der Waals surface area (Å²) in [5, 5.41) is 10.3. The lowest BCUT2D eigenvalue weighted by Gasteiger charge is -2.26. The van der Waals surface area contributed by atoms with Crippen molar-refractivity contribution in [1.82, 2.24) is 4.90 Å². The van der Waals surface area contributed by atoms with Crippen LogP contribution in [0, 0.1) is 5.82 Å². The van der Waals surface area contributed by atoms with E-state index in [0.717, 1.165) is 49.0 Å². The lowest BCUT2D eigenvalue weighted by molar-refractivity contribution is 0.0297. The quantitative estimate of drug-likeness (QED) is 0.205. The van der Waals surface area contributed by atoms with E-state index in [0.29, 0.717) is 15.6 Å². The fourth-order valence-corrected chi connectivity index (χ4v) is 5.74. The SMILES string of the molecule is O=C(OCCCN1CCOCC1)c1ccc(NSc2cc(-c3cccc(F)c3)c(Cl)s2)cc1O. The molecule has 0 aliphatic carbocycles. The molecule has 0 atom stereocenters. The van der Waals surface area contributed by atoms with E-state index in [2.05, 4.69) is 9.62 Å². The molecular formula is C24H24ClFN2O4S2. The Balaban J connectivity index is 1.28. The monoisotopic (exact) mass is 522 g/mol. The maximum atomic E-state index is 13.5. The van der Waals surface area contributed by atoms with Gasteiger partial charge in [0.25, 0.3) is 0 Å². The fourth-order valence-electron chi connectivity index (χ4n) is 3.48. The van der Waals surface area contributed by atoms with Gasteiger partial charge in [0.15, 0.2) is 0 Å². The smallest absolute Gasteiger partial charge is 0.341 e. The van der Waals surface area contributed by atoms with Gasteiger partial charge in [0.1, 0.15) is 21.5 Å². The predicted octanol–water partition coefficient (Wildman–Crippen LogP) is 5.91. The maximum Gasteiger partial charge on any atom is 0.341 e. The standard InChI is InChI=1S/C24H24ClFN2O4S2/c25-23-20(16-3-1-4-17(26)13-16)15-22(33-23)34-27-18-5-6-19(21(29)14-18)24(30)32-10-2-7-28-8-11-31-12-9-28/h1,3-6,13-15,27,29H,2,7-12H2. The minimum absolute atomic E-state index is 0.120. The van der Waals surface area contributed by atoms with Crippen LogP contribution in [0.4, 0.5) is 10.1 Å². The molecule has 0 bridgehead atoms. The lowest BCUT2D eigenvalue weighted by atomic mass is 10.1. The highest BCUT2D eigenvalue weighted by molar-refractivity contribution is 8.02. The normalized spacial score (nSPS) is 14.2. The summed E-state index contributed by atoms with van der Waals surface area (Å²) in [6, 6.07) is 12.8. The number of rotatable bonds is 9. The molecule has 2 heterocycles. The Kier molecular flexibility index (Phi) is 8.69. The van der Waals surface area contributed by atoms with Crippen LogP contribution in [0.2, 0.25) is 4.34 Å². The first kappa shape index (κ1) is 24.8. The summed E-state index contributed by atoms with van der Waals surface area (Å²) in [5.41, 5.74) is 2.20. The van der Waals surface area contributed by atoms with Gasteiger partial charge >= 0.3 is 5.97 Å². The van der Waals surface area contributed by atoms with Crippen LogP contribution in [-0.2, 0) is 9.47 Å². The highest BCUT2D eigenvalue weighted by Crippen LogP contribution is 2.40. The Hall–Kier alpha value is -2.30. The molecule has 0 radical (unpaired) electrons.